The average Bonchev–Trinajstić information content (AvgIpc) is 2.42. The van der Waals surface area contributed by atoms with Crippen LogP contribution in [0.15, 0.2) is 24.3 Å². The van der Waals surface area contributed by atoms with Gasteiger partial charge in [0.15, 0.2) is 0 Å². The van der Waals surface area contributed by atoms with E-state index in [4.69, 9.17) is 10.5 Å². The molecular weight excluding hydrogens is 222 g/mol. The third-order valence-electron chi connectivity index (χ3n) is 3.15. The van der Waals surface area contributed by atoms with Gasteiger partial charge in [0.25, 0.3) is 0 Å². The first-order chi connectivity index (χ1) is 8.86. The molecule has 18 heavy (non-hydrogen) atoms. The van der Waals surface area contributed by atoms with E-state index < -0.39 is 0 Å². The van der Waals surface area contributed by atoms with Gasteiger partial charge in [-0.25, -0.2) is 0 Å². The van der Waals surface area contributed by atoms with Crippen LogP contribution in [0.4, 0.5) is 0 Å². The van der Waals surface area contributed by atoms with Gasteiger partial charge in [-0.05, 0) is 24.1 Å². The van der Waals surface area contributed by atoms with Crippen molar-refractivity contribution in [1.82, 2.24) is 0 Å². The summed E-state index contributed by atoms with van der Waals surface area (Å²) in [7, 11) is 0. The Labute approximate surface area is 112 Å². The second-order valence-corrected chi connectivity index (χ2v) is 4.82. The summed E-state index contributed by atoms with van der Waals surface area (Å²) in [4.78, 5) is 0. The molecule has 0 bridgehead atoms. The zero-order valence-corrected chi connectivity index (χ0v) is 11.7. The third kappa shape index (κ3) is 6.65. The minimum Gasteiger partial charge on any atom is -0.494 e. The third-order valence-corrected chi connectivity index (χ3v) is 3.15. The Morgan fingerprint density at radius 1 is 1.00 bits per heavy atom. The monoisotopic (exact) mass is 249 g/mol. The summed E-state index contributed by atoms with van der Waals surface area (Å²) in [5, 5.41) is 0. The molecule has 2 heteroatoms. The van der Waals surface area contributed by atoms with Crippen LogP contribution in [0.3, 0.4) is 0 Å². The minimum atomic E-state index is 0.578. The van der Waals surface area contributed by atoms with Gasteiger partial charge < -0.3 is 10.5 Å². The lowest BCUT2D eigenvalue weighted by molar-refractivity contribution is 0.304. The van der Waals surface area contributed by atoms with Gasteiger partial charge in [-0.2, -0.15) is 0 Å². The molecule has 0 atom stereocenters. The van der Waals surface area contributed by atoms with Crippen LogP contribution < -0.4 is 10.5 Å². The molecule has 1 aromatic carbocycles. The molecule has 0 aliphatic rings. The molecule has 102 valence electrons. The van der Waals surface area contributed by atoms with Crippen molar-refractivity contribution < 1.29 is 4.74 Å². The summed E-state index contributed by atoms with van der Waals surface area (Å²) in [6.45, 7) is 3.65. The van der Waals surface area contributed by atoms with Gasteiger partial charge in [-0.3, -0.25) is 0 Å². The maximum absolute atomic E-state index is 5.72. The fraction of sp³-hybridized carbons (Fsp3) is 0.625. The molecule has 1 aromatic rings. The van der Waals surface area contributed by atoms with E-state index in [9.17, 15) is 0 Å². The number of nitrogens with two attached hydrogens (primary N) is 1. The molecule has 0 aliphatic carbocycles. The highest BCUT2D eigenvalue weighted by Crippen LogP contribution is 2.14. The molecule has 0 amide bonds. The fourth-order valence-electron chi connectivity index (χ4n) is 2.01. The number of ether oxygens (including phenoxy) is 1. The van der Waals surface area contributed by atoms with Crippen molar-refractivity contribution in [3.63, 3.8) is 0 Å². The summed E-state index contributed by atoms with van der Waals surface area (Å²) in [5.41, 5.74) is 6.73. The Morgan fingerprint density at radius 2 is 1.72 bits per heavy atom. The van der Waals surface area contributed by atoms with Crippen molar-refractivity contribution in [2.75, 3.05) is 6.61 Å². The highest BCUT2D eigenvalue weighted by Gasteiger charge is 1.96. The zero-order chi connectivity index (χ0) is 13.1. The second kappa shape index (κ2) is 9.95. The number of rotatable bonds is 10. The highest BCUT2D eigenvalue weighted by molar-refractivity contribution is 5.28. The van der Waals surface area contributed by atoms with Gasteiger partial charge >= 0.3 is 0 Å². The molecule has 0 spiro atoms. The van der Waals surface area contributed by atoms with Crippen LogP contribution in [-0.2, 0) is 6.54 Å². The summed E-state index contributed by atoms with van der Waals surface area (Å²) < 4.78 is 5.72. The van der Waals surface area contributed by atoms with E-state index in [2.05, 4.69) is 6.92 Å². The van der Waals surface area contributed by atoms with Crippen LogP contribution in [0.2, 0.25) is 0 Å². The molecule has 0 fully saturated rings. The number of hydrogen-bond acceptors (Lipinski definition) is 2. The van der Waals surface area contributed by atoms with Crippen LogP contribution in [0, 0.1) is 0 Å². The fourth-order valence-corrected chi connectivity index (χ4v) is 2.01. The van der Waals surface area contributed by atoms with Crippen molar-refractivity contribution in [3.8, 4) is 5.75 Å². The van der Waals surface area contributed by atoms with Crippen LogP contribution >= 0.6 is 0 Å². The van der Waals surface area contributed by atoms with Crippen molar-refractivity contribution in [2.45, 2.75) is 58.4 Å². The van der Waals surface area contributed by atoms with Gasteiger partial charge in [0.2, 0.25) is 0 Å². The van der Waals surface area contributed by atoms with E-state index in [-0.39, 0.29) is 0 Å². The van der Waals surface area contributed by atoms with E-state index in [1.807, 2.05) is 24.3 Å². The maximum Gasteiger partial charge on any atom is 0.119 e. The smallest absolute Gasteiger partial charge is 0.119 e. The lowest BCUT2D eigenvalue weighted by Gasteiger charge is -2.07. The van der Waals surface area contributed by atoms with E-state index >= 15 is 0 Å². The Hall–Kier alpha value is -1.02. The highest BCUT2D eigenvalue weighted by atomic mass is 16.5. The van der Waals surface area contributed by atoms with Crippen LogP contribution in [0.1, 0.15) is 57.4 Å². The number of benzene rings is 1. The molecule has 2 N–H and O–H groups in total. The number of unbranched alkanes of at least 4 members (excludes halogenated alkanes) is 6. The van der Waals surface area contributed by atoms with Crippen LogP contribution in [-0.4, -0.2) is 6.61 Å². The second-order valence-electron chi connectivity index (χ2n) is 4.82. The van der Waals surface area contributed by atoms with Crippen molar-refractivity contribution in [3.05, 3.63) is 29.8 Å². The first-order valence-electron chi connectivity index (χ1n) is 7.28. The van der Waals surface area contributed by atoms with Gasteiger partial charge in [0, 0.05) is 6.54 Å². The Morgan fingerprint density at radius 3 is 2.44 bits per heavy atom. The van der Waals surface area contributed by atoms with Crippen molar-refractivity contribution in [2.24, 2.45) is 5.73 Å². The Bertz CT molecular complexity index is 312. The molecular formula is C16H27NO. The topological polar surface area (TPSA) is 35.2 Å². The summed E-state index contributed by atoms with van der Waals surface area (Å²) in [6.07, 6.45) is 9.22. The van der Waals surface area contributed by atoms with Crippen LogP contribution in [0.25, 0.3) is 0 Å². The van der Waals surface area contributed by atoms with Crippen molar-refractivity contribution >= 4 is 0 Å². The molecule has 2 nitrogen and oxygen atoms in total. The molecule has 1 rings (SSSR count). The normalized spacial score (nSPS) is 10.6. The molecule has 0 radical (unpaired) electrons. The van der Waals surface area contributed by atoms with Gasteiger partial charge in [-0.15, -0.1) is 0 Å². The molecule has 0 aromatic heterocycles. The molecule has 0 heterocycles. The summed E-state index contributed by atoms with van der Waals surface area (Å²) >= 11 is 0. The average molecular weight is 249 g/mol. The summed E-state index contributed by atoms with van der Waals surface area (Å²) in [5.74, 6) is 0.948. The Kier molecular flexibility index (Phi) is 8.32. The molecule has 0 saturated heterocycles. The minimum absolute atomic E-state index is 0.578. The summed E-state index contributed by atoms with van der Waals surface area (Å²) in [6, 6.07) is 8.06. The van der Waals surface area contributed by atoms with Crippen LogP contribution in [0.5, 0.6) is 5.75 Å². The SMILES string of the molecule is CCCCCCCCCOc1cccc(CN)c1. The zero-order valence-electron chi connectivity index (χ0n) is 11.7. The first-order valence-corrected chi connectivity index (χ1v) is 7.28. The number of hydrogen-bond donors (Lipinski definition) is 1. The van der Waals surface area contributed by atoms with E-state index in [1.165, 1.54) is 38.5 Å². The van der Waals surface area contributed by atoms with E-state index in [0.717, 1.165) is 24.3 Å². The quantitative estimate of drug-likeness (QED) is 0.628. The maximum atomic E-state index is 5.72. The van der Waals surface area contributed by atoms with Gasteiger partial charge in [0.05, 0.1) is 6.61 Å². The standard InChI is InChI=1S/C16H27NO/c1-2-3-4-5-6-7-8-12-18-16-11-9-10-15(13-16)14-17/h9-11,13H,2-8,12,14,17H2,1H3. The van der Waals surface area contributed by atoms with Crippen molar-refractivity contribution in [1.29, 1.82) is 0 Å². The van der Waals surface area contributed by atoms with Gasteiger partial charge in [-0.1, -0.05) is 57.6 Å². The molecule has 0 aliphatic heterocycles. The molecule has 0 saturated carbocycles. The largest absolute Gasteiger partial charge is 0.494 e. The van der Waals surface area contributed by atoms with E-state index in [1.54, 1.807) is 0 Å². The van der Waals surface area contributed by atoms with Gasteiger partial charge in [0.1, 0.15) is 5.75 Å². The predicted octanol–water partition coefficient (Wildman–Crippen LogP) is 4.27. The lowest BCUT2D eigenvalue weighted by atomic mass is 10.1. The van der Waals surface area contributed by atoms with E-state index in [0.29, 0.717) is 6.54 Å². The first kappa shape index (κ1) is 15.0. The molecule has 0 unspecified atom stereocenters. The lowest BCUT2D eigenvalue weighted by Crippen LogP contribution is -2.00. The predicted molar refractivity (Wildman–Crippen MR) is 77.8 cm³/mol. The Balaban J connectivity index is 2.03.